The molecule has 0 fully saturated rings. The summed E-state index contributed by atoms with van der Waals surface area (Å²) >= 11 is 6.32. The van der Waals surface area contributed by atoms with Crippen molar-refractivity contribution in [2.45, 2.75) is 52.8 Å². The van der Waals surface area contributed by atoms with Crippen LogP contribution >= 0.6 is 11.6 Å². The van der Waals surface area contributed by atoms with Gasteiger partial charge in [0.05, 0.1) is 11.1 Å². The molecular formula is C24H24ClF3N4O3. The fraction of sp³-hybridized carbons (Fsp3) is 0.375. The Morgan fingerprint density at radius 1 is 1.14 bits per heavy atom. The molecule has 0 aliphatic carbocycles. The van der Waals surface area contributed by atoms with Gasteiger partial charge in [-0.3, -0.25) is 9.78 Å². The summed E-state index contributed by atoms with van der Waals surface area (Å²) in [5.74, 6) is -0.281. The van der Waals surface area contributed by atoms with Gasteiger partial charge >= 0.3 is 11.9 Å². The molecule has 0 radical (unpaired) electrons. The molecule has 3 aromatic rings. The molecule has 0 amide bonds. The lowest BCUT2D eigenvalue weighted by Crippen LogP contribution is -2.39. The SMILES string of the molecule is CC(C)Oc1ccc(-c2nc(-c3cc(CCC(=O)C(C)(C)C(F)(F)F)ccc3Cl)[nH]c(=O)n2)cn1. The van der Waals surface area contributed by atoms with Gasteiger partial charge < -0.3 is 4.74 Å². The molecule has 0 atom stereocenters. The number of rotatable bonds is 8. The number of carbonyl (C=O) groups excluding carboxylic acids is 1. The van der Waals surface area contributed by atoms with Crippen LogP contribution in [0, 0.1) is 5.41 Å². The maximum Gasteiger partial charge on any atom is 0.400 e. The molecule has 186 valence electrons. The average molecular weight is 509 g/mol. The molecule has 2 heterocycles. The van der Waals surface area contributed by atoms with Crippen LogP contribution in [0.15, 0.2) is 41.3 Å². The van der Waals surface area contributed by atoms with E-state index in [4.69, 9.17) is 16.3 Å². The van der Waals surface area contributed by atoms with E-state index in [1.165, 1.54) is 12.3 Å². The smallest absolute Gasteiger partial charge is 0.400 e. The topological polar surface area (TPSA) is 97.8 Å². The number of ketones is 1. The number of hydrogen-bond donors (Lipinski definition) is 1. The number of ether oxygens (including phenoxy) is 1. The van der Waals surface area contributed by atoms with Gasteiger partial charge in [-0.05, 0) is 57.9 Å². The molecule has 11 heteroatoms. The Hall–Kier alpha value is -3.27. The minimum Gasteiger partial charge on any atom is -0.475 e. The van der Waals surface area contributed by atoms with E-state index < -0.39 is 23.1 Å². The Kier molecular flexibility index (Phi) is 7.64. The number of aromatic nitrogens is 4. The lowest BCUT2D eigenvalue weighted by atomic mass is 9.84. The average Bonchev–Trinajstić information content (AvgIpc) is 2.77. The molecule has 1 N–H and O–H groups in total. The highest BCUT2D eigenvalue weighted by molar-refractivity contribution is 6.33. The van der Waals surface area contributed by atoms with Gasteiger partial charge in [0.2, 0.25) is 5.88 Å². The molecule has 0 bridgehead atoms. The van der Waals surface area contributed by atoms with E-state index in [0.717, 1.165) is 13.8 Å². The highest BCUT2D eigenvalue weighted by Gasteiger charge is 2.51. The molecule has 3 rings (SSSR count). The summed E-state index contributed by atoms with van der Waals surface area (Å²) in [7, 11) is 0. The van der Waals surface area contributed by atoms with Crippen LogP contribution in [0.25, 0.3) is 22.8 Å². The zero-order valence-corrected chi connectivity index (χ0v) is 20.3. The van der Waals surface area contributed by atoms with Gasteiger partial charge in [0.15, 0.2) is 5.82 Å². The number of Topliss-reactive ketones (excluding diaryl/α,β-unsaturated/α-hetero) is 1. The Bertz CT molecular complexity index is 1270. The van der Waals surface area contributed by atoms with Crippen molar-refractivity contribution >= 4 is 17.4 Å². The Morgan fingerprint density at radius 3 is 2.46 bits per heavy atom. The van der Waals surface area contributed by atoms with Crippen molar-refractivity contribution in [2.75, 3.05) is 0 Å². The van der Waals surface area contributed by atoms with Gasteiger partial charge in [-0.2, -0.15) is 18.2 Å². The first kappa shape index (κ1) is 26.3. The number of aryl methyl sites for hydroxylation is 1. The van der Waals surface area contributed by atoms with Crippen LogP contribution in [0.4, 0.5) is 13.2 Å². The third kappa shape index (κ3) is 6.25. The van der Waals surface area contributed by atoms with Gasteiger partial charge in [0.25, 0.3) is 0 Å². The second kappa shape index (κ2) is 10.2. The van der Waals surface area contributed by atoms with Crippen molar-refractivity contribution in [3.8, 4) is 28.7 Å². The molecule has 0 unspecified atom stereocenters. The number of hydrogen-bond acceptors (Lipinski definition) is 6. The summed E-state index contributed by atoms with van der Waals surface area (Å²) in [6.45, 7) is 5.47. The highest BCUT2D eigenvalue weighted by atomic mass is 35.5. The molecule has 0 saturated heterocycles. The Morgan fingerprint density at radius 2 is 1.86 bits per heavy atom. The van der Waals surface area contributed by atoms with E-state index in [9.17, 15) is 22.8 Å². The third-order valence-corrected chi connectivity index (χ3v) is 5.66. The van der Waals surface area contributed by atoms with Crippen LogP contribution in [0.2, 0.25) is 5.02 Å². The number of nitrogens with zero attached hydrogens (tertiary/aromatic N) is 3. The maximum absolute atomic E-state index is 13.1. The number of carbonyl (C=O) groups is 1. The first-order chi connectivity index (χ1) is 16.3. The summed E-state index contributed by atoms with van der Waals surface area (Å²) in [4.78, 5) is 39.4. The van der Waals surface area contributed by atoms with Crippen LogP contribution in [-0.2, 0) is 11.2 Å². The molecule has 0 aliphatic heterocycles. The normalized spacial score (nSPS) is 12.1. The third-order valence-electron chi connectivity index (χ3n) is 5.33. The van der Waals surface area contributed by atoms with Crippen LogP contribution in [0.5, 0.6) is 5.88 Å². The first-order valence-electron chi connectivity index (χ1n) is 10.8. The standard InChI is InChI=1S/C24H24ClF3N4O3/c1-13(2)35-19-10-7-15(12-29-19)20-30-21(32-22(34)31-20)16-11-14(5-8-17(16)25)6-9-18(33)23(3,4)24(26,27)28/h5,7-8,10-13H,6,9H2,1-4H3,(H,30,31,32,34). The molecule has 0 aliphatic rings. The van der Waals surface area contributed by atoms with Crippen molar-refractivity contribution in [1.29, 1.82) is 0 Å². The maximum atomic E-state index is 13.1. The van der Waals surface area contributed by atoms with E-state index in [1.54, 1.807) is 24.3 Å². The number of aromatic amines is 1. The zero-order valence-electron chi connectivity index (χ0n) is 19.5. The summed E-state index contributed by atoms with van der Waals surface area (Å²) in [5.41, 5.74) is -1.73. The van der Waals surface area contributed by atoms with E-state index in [-0.39, 0.29) is 35.6 Å². The van der Waals surface area contributed by atoms with Gasteiger partial charge in [-0.1, -0.05) is 17.7 Å². The second-order valence-electron chi connectivity index (χ2n) is 8.74. The van der Waals surface area contributed by atoms with Crippen molar-refractivity contribution in [1.82, 2.24) is 19.9 Å². The lowest BCUT2D eigenvalue weighted by Gasteiger charge is -2.26. The van der Waals surface area contributed by atoms with E-state index in [0.29, 0.717) is 22.6 Å². The molecule has 35 heavy (non-hydrogen) atoms. The number of halogens is 4. The minimum atomic E-state index is -4.64. The van der Waals surface area contributed by atoms with Crippen LogP contribution in [-0.4, -0.2) is 38.0 Å². The van der Waals surface area contributed by atoms with E-state index in [1.807, 2.05) is 13.8 Å². The quantitative estimate of drug-likeness (QED) is 0.436. The molecule has 7 nitrogen and oxygen atoms in total. The number of alkyl halides is 3. The highest BCUT2D eigenvalue weighted by Crippen LogP contribution is 2.39. The summed E-state index contributed by atoms with van der Waals surface area (Å²) in [6, 6.07) is 8.01. The predicted octanol–water partition coefficient (Wildman–Crippen LogP) is 5.42. The summed E-state index contributed by atoms with van der Waals surface area (Å²) in [6.07, 6.45) is -3.47. The summed E-state index contributed by atoms with van der Waals surface area (Å²) < 4.78 is 44.9. The van der Waals surface area contributed by atoms with Gasteiger partial charge in [0, 0.05) is 29.8 Å². The van der Waals surface area contributed by atoms with E-state index in [2.05, 4.69) is 19.9 Å². The molecule has 2 aromatic heterocycles. The van der Waals surface area contributed by atoms with E-state index >= 15 is 0 Å². The fourth-order valence-electron chi connectivity index (χ4n) is 3.10. The lowest BCUT2D eigenvalue weighted by molar-refractivity contribution is -0.210. The summed E-state index contributed by atoms with van der Waals surface area (Å²) in [5, 5.41) is 0.259. The van der Waals surface area contributed by atoms with Gasteiger partial charge in [-0.15, -0.1) is 0 Å². The van der Waals surface area contributed by atoms with Crippen LogP contribution < -0.4 is 10.4 Å². The van der Waals surface area contributed by atoms with Crippen molar-refractivity contribution in [3.05, 3.63) is 57.6 Å². The number of nitrogens with one attached hydrogen (secondary N) is 1. The first-order valence-corrected chi connectivity index (χ1v) is 11.2. The molecule has 1 aromatic carbocycles. The predicted molar refractivity (Wildman–Crippen MR) is 125 cm³/mol. The molecule has 0 spiro atoms. The Labute approximate surface area is 204 Å². The largest absolute Gasteiger partial charge is 0.475 e. The van der Waals surface area contributed by atoms with Gasteiger partial charge in [-0.25, -0.2) is 14.8 Å². The zero-order chi connectivity index (χ0) is 26.0. The Balaban J connectivity index is 1.88. The van der Waals surface area contributed by atoms with Crippen molar-refractivity contribution in [3.63, 3.8) is 0 Å². The van der Waals surface area contributed by atoms with Crippen LogP contribution in [0.3, 0.4) is 0 Å². The number of pyridine rings is 1. The van der Waals surface area contributed by atoms with Crippen molar-refractivity contribution < 1.29 is 22.7 Å². The van der Waals surface area contributed by atoms with Crippen molar-refractivity contribution in [2.24, 2.45) is 5.41 Å². The molecule has 0 saturated carbocycles. The number of H-pyrrole nitrogens is 1. The second-order valence-corrected chi connectivity index (χ2v) is 9.15. The fourth-order valence-corrected chi connectivity index (χ4v) is 3.31. The monoisotopic (exact) mass is 508 g/mol. The molecular weight excluding hydrogens is 485 g/mol. The number of benzene rings is 1. The van der Waals surface area contributed by atoms with Gasteiger partial charge in [0.1, 0.15) is 17.0 Å². The minimum absolute atomic E-state index is 0.0555. The van der Waals surface area contributed by atoms with Crippen LogP contribution in [0.1, 0.15) is 39.7 Å².